The summed E-state index contributed by atoms with van der Waals surface area (Å²) < 4.78 is 54.6. The molecule has 16 nitrogen and oxygen atoms in total. The summed E-state index contributed by atoms with van der Waals surface area (Å²) in [4.78, 5) is 40.3. The Hall–Kier alpha value is -5.53. The van der Waals surface area contributed by atoms with Crippen LogP contribution < -0.4 is 19.8 Å². The van der Waals surface area contributed by atoms with E-state index in [1.807, 2.05) is 41.3 Å². The van der Waals surface area contributed by atoms with Gasteiger partial charge in [0.05, 0.1) is 36.5 Å². The normalized spacial score (nSPS) is 20.5. The number of hydrogen-bond acceptors (Lipinski definition) is 13. The molecule has 1 aliphatic carbocycles. The minimum Gasteiger partial charge on any atom is -0.381 e. The Balaban J connectivity index is 1.02. The number of H-pyrrole nitrogens is 1. The van der Waals surface area contributed by atoms with Gasteiger partial charge in [-0.25, -0.2) is 26.7 Å². The first-order chi connectivity index (χ1) is 32.6. The van der Waals surface area contributed by atoms with Crippen LogP contribution in [0.15, 0.2) is 98.9 Å². The van der Waals surface area contributed by atoms with Crippen molar-refractivity contribution >= 4 is 82.3 Å². The molecule has 4 aliphatic rings. The molecule has 0 bridgehead atoms. The maximum Gasteiger partial charge on any atom is 0.293 e. The van der Waals surface area contributed by atoms with E-state index in [1.54, 1.807) is 12.3 Å². The molecule has 1 atom stereocenters. The van der Waals surface area contributed by atoms with Crippen molar-refractivity contribution in [1.29, 1.82) is 0 Å². The van der Waals surface area contributed by atoms with E-state index in [1.165, 1.54) is 35.9 Å². The third-order valence-corrected chi connectivity index (χ3v) is 17.8. The Morgan fingerprint density at radius 3 is 2.51 bits per heavy atom. The number of rotatable bonds is 12. The first-order valence-electron chi connectivity index (χ1n) is 23.2. The van der Waals surface area contributed by atoms with Gasteiger partial charge in [0.1, 0.15) is 11.3 Å². The first kappa shape index (κ1) is 47.5. The smallest absolute Gasteiger partial charge is 0.293 e. The molecule has 3 aliphatic heterocycles. The molecule has 5 aromatic rings. The molecule has 2 saturated heterocycles. The van der Waals surface area contributed by atoms with E-state index < -0.39 is 41.2 Å². The van der Waals surface area contributed by atoms with E-state index in [0.717, 1.165) is 73.9 Å². The van der Waals surface area contributed by atoms with Crippen molar-refractivity contribution in [3.8, 4) is 0 Å². The molecule has 2 aromatic heterocycles. The van der Waals surface area contributed by atoms with Crippen LogP contribution >= 0.6 is 11.6 Å². The van der Waals surface area contributed by atoms with Gasteiger partial charge in [-0.3, -0.25) is 19.8 Å². The highest BCUT2D eigenvalue weighted by Gasteiger charge is 2.34. The number of benzene rings is 3. The quantitative estimate of drug-likeness (QED) is 0.0795. The van der Waals surface area contributed by atoms with Crippen molar-refractivity contribution < 1.29 is 27.1 Å². The molecule has 68 heavy (non-hydrogen) atoms. The molecule has 0 spiro atoms. The zero-order valence-corrected chi connectivity index (χ0v) is 41.0. The van der Waals surface area contributed by atoms with Gasteiger partial charge in [-0.2, -0.15) is 0 Å². The van der Waals surface area contributed by atoms with Crippen molar-refractivity contribution in [3.05, 3.63) is 111 Å². The highest BCUT2D eigenvalue weighted by Crippen LogP contribution is 2.44. The van der Waals surface area contributed by atoms with Crippen LogP contribution in [0.2, 0.25) is 5.02 Å². The standard InChI is InChI=1S/C49H58ClN9O7S2/c1-49(2)17-13-36(41(30-49)34-5-7-37(50)8-6-34)32-56-20-22-57(23-21-56)38-9-11-40(43(28-38)58-19-4-26-67(63,51-3)48-45(58)27-35-14-18-52-46(35)54-48)47(60)55-68(64,65)39-10-12-42(44(29-39)59(61)62)53-31-33-15-24-66-25-16-33/h5-12,14,18,27-29,33,53H,4,13,15-17,19-26,30-32H2,1-3H3,(H,52,54)(H,55,60). The van der Waals surface area contributed by atoms with Gasteiger partial charge in [-0.05, 0) is 116 Å². The fourth-order valence-corrected chi connectivity index (χ4v) is 12.8. The summed E-state index contributed by atoms with van der Waals surface area (Å²) >= 11 is 6.28. The van der Waals surface area contributed by atoms with Gasteiger partial charge in [-0.1, -0.05) is 43.2 Å². The number of nitro groups is 1. The number of carbonyl (C=O) groups is 1. The average Bonchev–Trinajstić information content (AvgIpc) is 3.75. The summed E-state index contributed by atoms with van der Waals surface area (Å²) in [6, 6.07) is 20.8. The number of halogens is 1. The second-order valence-electron chi connectivity index (χ2n) is 19.0. The maximum absolute atomic E-state index is 14.5. The molecule has 2 fully saturated rings. The van der Waals surface area contributed by atoms with Crippen molar-refractivity contribution in [2.75, 3.05) is 86.9 Å². The lowest BCUT2D eigenvalue weighted by Crippen LogP contribution is -2.47. The lowest BCUT2D eigenvalue weighted by atomic mass is 9.72. The Morgan fingerprint density at radius 1 is 1.01 bits per heavy atom. The number of pyridine rings is 1. The predicted octanol–water partition coefficient (Wildman–Crippen LogP) is 8.87. The Morgan fingerprint density at radius 2 is 1.78 bits per heavy atom. The van der Waals surface area contributed by atoms with Crippen LogP contribution in [0.4, 0.5) is 28.4 Å². The lowest BCUT2D eigenvalue weighted by molar-refractivity contribution is -0.384. The van der Waals surface area contributed by atoms with Crippen LogP contribution in [0.3, 0.4) is 0 Å². The third-order valence-electron chi connectivity index (χ3n) is 13.8. The minimum absolute atomic E-state index is 0.0454. The lowest BCUT2D eigenvalue weighted by Gasteiger charge is -2.39. The van der Waals surface area contributed by atoms with E-state index in [4.69, 9.17) is 21.3 Å². The SMILES string of the molecule is CN=S1(=O)CCCN(c2cc(N3CCN(CC4=C(c5ccc(Cl)cc5)CC(C)(C)CC4)CC3)ccc2C(=O)NS(=O)(=O)c2ccc(NCC3CCOCC3)c([N+](=O)[O-])c2)c2cc3cc[nH]c3nc21. The number of amides is 1. The van der Waals surface area contributed by atoms with E-state index in [-0.39, 0.29) is 33.4 Å². The van der Waals surface area contributed by atoms with E-state index in [2.05, 4.69) is 55.2 Å². The molecule has 9 rings (SSSR count). The highest BCUT2D eigenvalue weighted by atomic mass is 35.5. The van der Waals surface area contributed by atoms with Crippen molar-refractivity contribution in [2.45, 2.75) is 62.3 Å². The largest absolute Gasteiger partial charge is 0.381 e. The number of anilines is 4. The Labute approximate surface area is 402 Å². The summed E-state index contributed by atoms with van der Waals surface area (Å²) in [6.45, 7) is 10.6. The number of ether oxygens (including phenoxy) is 1. The summed E-state index contributed by atoms with van der Waals surface area (Å²) in [5.74, 6) is -0.438. The fraction of sp³-hybridized carbons (Fsp3) is 0.429. The second-order valence-corrected chi connectivity index (χ2v) is 23.5. The molecule has 0 radical (unpaired) electrons. The molecular weight excluding hydrogens is 926 g/mol. The number of piperazine rings is 1. The van der Waals surface area contributed by atoms with Crippen molar-refractivity contribution in [2.24, 2.45) is 15.7 Å². The molecule has 1 unspecified atom stereocenters. The number of nitrogens with zero attached hydrogens (tertiary/aromatic N) is 6. The number of carbonyl (C=O) groups excluding carboxylic acids is 1. The van der Waals surface area contributed by atoms with Crippen LogP contribution in [-0.2, 0) is 24.5 Å². The average molecular weight is 985 g/mol. The maximum atomic E-state index is 14.5. The molecular formula is C49H58ClN9O7S2. The van der Waals surface area contributed by atoms with Gasteiger partial charge >= 0.3 is 0 Å². The molecule has 3 N–H and O–H groups in total. The van der Waals surface area contributed by atoms with Crippen molar-refractivity contribution in [3.63, 3.8) is 0 Å². The third kappa shape index (κ3) is 10.1. The zero-order valence-electron chi connectivity index (χ0n) is 38.6. The highest BCUT2D eigenvalue weighted by molar-refractivity contribution is 7.93. The summed E-state index contributed by atoms with van der Waals surface area (Å²) in [5, 5.41) is 17.1. The fourth-order valence-electron chi connectivity index (χ4n) is 9.90. The molecule has 3 aromatic carbocycles. The number of fused-ring (bicyclic) bond motifs is 2. The summed E-state index contributed by atoms with van der Waals surface area (Å²) in [5.41, 5.74) is 6.38. The molecule has 5 heterocycles. The molecule has 0 saturated carbocycles. The van der Waals surface area contributed by atoms with Gasteiger partial charge in [0.2, 0.25) is 0 Å². The molecule has 1 amide bonds. The monoisotopic (exact) mass is 983 g/mol. The number of aromatic amines is 1. The topological polar surface area (TPSA) is 195 Å². The van der Waals surface area contributed by atoms with Crippen LogP contribution in [0.1, 0.15) is 68.3 Å². The van der Waals surface area contributed by atoms with Gasteiger partial charge in [-0.15, -0.1) is 0 Å². The first-order valence-corrected chi connectivity index (χ1v) is 26.8. The van der Waals surface area contributed by atoms with Crippen LogP contribution in [-0.4, -0.2) is 110 Å². The summed E-state index contributed by atoms with van der Waals surface area (Å²) in [6.07, 6.45) is 6.96. The van der Waals surface area contributed by atoms with E-state index in [0.29, 0.717) is 62.8 Å². The number of nitrogens with one attached hydrogen (secondary N) is 3. The predicted molar refractivity (Wildman–Crippen MR) is 268 cm³/mol. The number of sulfonamides is 1. The van der Waals surface area contributed by atoms with Gasteiger partial charge in [0.25, 0.3) is 21.6 Å². The Bertz CT molecular complexity index is 3010. The number of hydrogen-bond donors (Lipinski definition) is 3. The van der Waals surface area contributed by atoms with Gasteiger partial charge < -0.3 is 24.8 Å². The van der Waals surface area contributed by atoms with E-state index in [9.17, 15) is 27.5 Å². The number of aromatic nitrogens is 2. The van der Waals surface area contributed by atoms with Crippen LogP contribution in [0.5, 0.6) is 0 Å². The van der Waals surface area contributed by atoms with Gasteiger partial charge in [0.15, 0.2) is 5.03 Å². The van der Waals surface area contributed by atoms with Crippen molar-refractivity contribution in [1.82, 2.24) is 19.6 Å². The Kier molecular flexibility index (Phi) is 13.6. The minimum atomic E-state index is -4.62. The van der Waals surface area contributed by atoms with Gasteiger partial charge in [0, 0.05) is 100 Å². The second kappa shape index (κ2) is 19.5. The zero-order chi connectivity index (χ0) is 47.8. The molecule has 19 heteroatoms. The number of nitro benzene ring substituents is 1. The summed E-state index contributed by atoms with van der Waals surface area (Å²) in [7, 11) is -6.07. The number of allylic oxidation sites excluding steroid dienone is 1. The van der Waals surface area contributed by atoms with E-state index >= 15 is 0 Å². The molecule has 360 valence electrons. The van der Waals surface area contributed by atoms with Crippen LogP contribution in [0, 0.1) is 21.4 Å². The van der Waals surface area contributed by atoms with Crippen LogP contribution in [0.25, 0.3) is 16.6 Å².